The minimum atomic E-state index is -0.278. The monoisotopic (exact) mass is 223 g/mol. The van der Waals surface area contributed by atoms with Crippen LogP contribution >= 0.6 is 0 Å². The quantitative estimate of drug-likeness (QED) is 0.527. The highest BCUT2D eigenvalue weighted by Gasteiger charge is 2.52. The molecule has 0 aromatic heterocycles. The van der Waals surface area contributed by atoms with Gasteiger partial charge in [-0.15, -0.1) is 13.2 Å². The Morgan fingerprint density at radius 1 is 1.31 bits per heavy atom. The van der Waals surface area contributed by atoms with Gasteiger partial charge in [0.15, 0.2) is 6.10 Å². The Hall–Kier alpha value is -1.09. The van der Waals surface area contributed by atoms with Gasteiger partial charge in [0.25, 0.3) is 5.91 Å². The normalized spacial score (nSPS) is 23.7. The van der Waals surface area contributed by atoms with Crippen LogP contribution in [-0.2, 0) is 9.53 Å². The van der Waals surface area contributed by atoms with E-state index in [1.54, 1.807) is 17.1 Å². The molecule has 3 heteroatoms. The van der Waals surface area contributed by atoms with Gasteiger partial charge < -0.3 is 9.64 Å². The fourth-order valence-corrected chi connectivity index (χ4v) is 1.70. The van der Waals surface area contributed by atoms with Gasteiger partial charge in [-0.2, -0.15) is 0 Å². The lowest BCUT2D eigenvalue weighted by atomic mass is 9.90. The molecule has 0 N–H and O–H groups in total. The number of carbonyl (C=O) groups excluding carboxylic acids is 1. The lowest BCUT2D eigenvalue weighted by Crippen LogP contribution is -2.36. The molecule has 1 fully saturated rings. The molecule has 0 saturated carbocycles. The first-order valence-corrected chi connectivity index (χ1v) is 5.58. The van der Waals surface area contributed by atoms with Gasteiger partial charge in [-0.1, -0.05) is 32.9 Å². The molecule has 2 atom stereocenters. The average molecular weight is 223 g/mol. The lowest BCUT2D eigenvalue weighted by molar-refractivity contribution is -0.131. The summed E-state index contributed by atoms with van der Waals surface area (Å²) in [7, 11) is 0. The maximum Gasteiger partial charge on any atom is 0.255 e. The summed E-state index contributed by atoms with van der Waals surface area (Å²) in [6.45, 7) is 14.6. The summed E-state index contributed by atoms with van der Waals surface area (Å²) >= 11 is 0. The van der Waals surface area contributed by atoms with E-state index >= 15 is 0 Å². The van der Waals surface area contributed by atoms with Gasteiger partial charge in [-0.25, -0.2) is 0 Å². The zero-order valence-corrected chi connectivity index (χ0v) is 10.4. The van der Waals surface area contributed by atoms with Crippen LogP contribution < -0.4 is 0 Å². The van der Waals surface area contributed by atoms with Crippen molar-refractivity contribution in [2.24, 2.45) is 5.41 Å². The molecule has 0 spiro atoms. The van der Waals surface area contributed by atoms with Crippen LogP contribution in [0.15, 0.2) is 25.3 Å². The summed E-state index contributed by atoms with van der Waals surface area (Å²) in [5.74, 6) is 0.0414. The molecular weight excluding hydrogens is 202 g/mol. The van der Waals surface area contributed by atoms with E-state index in [0.717, 1.165) is 0 Å². The Balaban J connectivity index is 2.57. The topological polar surface area (TPSA) is 32.8 Å². The van der Waals surface area contributed by atoms with Crippen molar-refractivity contribution in [1.82, 2.24) is 4.90 Å². The molecule has 1 aliphatic rings. The van der Waals surface area contributed by atoms with Gasteiger partial charge >= 0.3 is 0 Å². The first-order chi connectivity index (χ1) is 7.41. The maximum atomic E-state index is 12.0. The van der Waals surface area contributed by atoms with E-state index in [4.69, 9.17) is 4.74 Å². The Morgan fingerprint density at radius 2 is 1.81 bits per heavy atom. The van der Waals surface area contributed by atoms with Crippen molar-refractivity contribution in [2.45, 2.75) is 33.0 Å². The van der Waals surface area contributed by atoms with Crippen molar-refractivity contribution in [1.29, 1.82) is 0 Å². The number of ether oxygens (including phenoxy) is 1. The van der Waals surface area contributed by atoms with Gasteiger partial charge in [0.2, 0.25) is 0 Å². The molecule has 90 valence electrons. The third kappa shape index (κ3) is 2.95. The molecule has 1 heterocycles. The minimum Gasteiger partial charge on any atom is -0.359 e. The molecule has 1 saturated heterocycles. The maximum absolute atomic E-state index is 12.0. The summed E-state index contributed by atoms with van der Waals surface area (Å²) in [4.78, 5) is 13.8. The second kappa shape index (κ2) is 4.83. The molecule has 0 radical (unpaired) electrons. The minimum absolute atomic E-state index is 0.0222. The van der Waals surface area contributed by atoms with Crippen LogP contribution in [0.25, 0.3) is 0 Å². The fraction of sp³-hybridized carbons (Fsp3) is 0.615. The second-order valence-corrected chi connectivity index (χ2v) is 5.16. The second-order valence-electron chi connectivity index (χ2n) is 5.16. The SMILES string of the molecule is C=CCN(CC=C)C(=O)[C@@H]1O[C@H]1C(C)(C)C. The summed E-state index contributed by atoms with van der Waals surface area (Å²) < 4.78 is 5.46. The van der Waals surface area contributed by atoms with Crippen LogP contribution in [0, 0.1) is 5.41 Å². The largest absolute Gasteiger partial charge is 0.359 e. The van der Waals surface area contributed by atoms with Crippen molar-refractivity contribution >= 4 is 5.91 Å². The number of nitrogens with zero attached hydrogens (tertiary/aromatic N) is 1. The number of epoxide rings is 1. The van der Waals surface area contributed by atoms with E-state index in [9.17, 15) is 4.79 Å². The highest BCUT2D eigenvalue weighted by Crippen LogP contribution is 2.38. The Bertz CT molecular complexity index is 281. The molecule has 1 amide bonds. The van der Waals surface area contributed by atoms with Crippen LogP contribution in [0.4, 0.5) is 0 Å². The van der Waals surface area contributed by atoms with Crippen molar-refractivity contribution in [3.05, 3.63) is 25.3 Å². The van der Waals surface area contributed by atoms with E-state index in [1.165, 1.54) is 0 Å². The van der Waals surface area contributed by atoms with Crippen LogP contribution in [0.3, 0.4) is 0 Å². The molecule has 16 heavy (non-hydrogen) atoms. The van der Waals surface area contributed by atoms with Crippen molar-refractivity contribution in [3.63, 3.8) is 0 Å². The molecular formula is C13H21NO2. The van der Waals surface area contributed by atoms with Crippen LogP contribution in [-0.4, -0.2) is 36.1 Å². The van der Waals surface area contributed by atoms with E-state index in [-0.39, 0.29) is 23.5 Å². The van der Waals surface area contributed by atoms with Crippen LogP contribution in [0.1, 0.15) is 20.8 Å². The zero-order chi connectivity index (χ0) is 12.3. The fourth-order valence-electron chi connectivity index (χ4n) is 1.70. The van der Waals surface area contributed by atoms with Gasteiger partial charge in [0.1, 0.15) is 0 Å². The molecule has 1 aliphatic heterocycles. The smallest absolute Gasteiger partial charge is 0.255 e. The highest BCUT2D eigenvalue weighted by molar-refractivity contribution is 5.84. The lowest BCUT2D eigenvalue weighted by Gasteiger charge is -2.19. The van der Waals surface area contributed by atoms with E-state index in [0.29, 0.717) is 13.1 Å². The number of amides is 1. The molecule has 3 nitrogen and oxygen atoms in total. The predicted molar refractivity (Wildman–Crippen MR) is 65.1 cm³/mol. The van der Waals surface area contributed by atoms with Gasteiger partial charge in [-0.3, -0.25) is 4.79 Å². The predicted octanol–water partition coefficient (Wildman–Crippen LogP) is 2.00. The molecule has 0 bridgehead atoms. The number of hydrogen-bond donors (Lipinski definition) is 0. The van der Waals surface area contributed by atoms with E-state index in [1.807, 2.05) is 0 Å². The van der Waals surface area contributed by atoms with Gasteiger partial charge in [0, 0.05) is 13.1 Å². The Morgan fingerprint density at radius 3 is 2.12 bits per heavy atom. The summed E-state index contributed by atoms with van der Waals surface area (Å²) in [5.41, 5.74) is 0.0222. The average Bonchev–Trinajstić information content (AvgIpc) is 2.95. The number of hydrogen-bond acceptors (Lipinski definition) is 2. The third-order valence-corrected chi connectivity index (χ3v) is 2.60. The van der Waals surface area contributed by atoms with E-state index < -0.39 is 0 Å². The third-order valence-electron chi connectivity index (χ3n) is 2.60. The highest BCUT2D eigenvalue weighted by atomic mass is 16.6. The first kappa shape index (κ1) is 13.0. The number of rotatable bonds is 5. The summed E-state index contributed by atoms with van der Waals surface area (Å²) in [6, 6.07) is 0. The molecule has 1 rings (SSSR count). The van der Waals surface area contributed by atoms with E-state index in [2.05, 4.69) is 33.9 Å². The molecule has 0 aromatic carbocycles. The van der Waals surface area contributed by atoms with Gasteiger partial charge in [-0.05, 0) is 5.41 Å². The van der Waals surface area contributed by atoms with Crippen molar-refractivity contribution < 1.29 is 9.53 Å². The number of carbonyl (C=O) groups is 1. The molecule has 0 unspecified atom stereocenters. The van der Waals surface area contributed by atoms with Crippen molar-refractivity contribution in [2.75, 3.05) is 13.1 Å². The molecule has 0 aliphatic carbocycles. The van der Waals surface area contributed by atoms with Gasteiger partial charge in [0.05, 0.1) is 6.10 Å². The Kier molecular flexibility index (Phi) is 3.92. The first-order valence-electron chi connectivity index (χ1n) is 5.58. The van der Waals surface area contributed by atoms with Crippen LogP contribution in [0.2, 0.25) is 0 Å². The zero-order valence-electron chi connectivity index (χ0n) is 10.4. The molecule has 0 aromatic rings. The van der Waals surface area contributed by atoms with Crippen LogP contribution in [0.5, 0.6) is 0 Å². The summed E-state index contributed by atoms with van der Waals surface area (Å²) in [5, 5.41) is 0. The standard InChI is InChI=1S/C13H21NO2/c1-6-8-14(9-7-2)12(15)10-11(16-10)13(3,4)5/h6-7,10-11H,1-2,8-9H2,3-5H3/t10-,11-/m1/s1. The summed E-state index contributed by atoms with van der Waals surface area (Å²) in [6.07, 6.45) is 3.20. The Labute approximate surface area is 97.8 Å². The van der Waals surface area contributed by atoms with Crippen molar-refractivity contribution in [3.8, 4) is 0 Å².